The molecule has 0 spiro atoms. The second-order valence-electron chi connectivity index (χ2n) is 2.28. The molecular weight excluding hydrogens is 238 g/mol. The van der Waals surface area contributed by atoms with Crippen molar-refractivity contribution >= 4 is 22.6 Å². The second-order valence-corrected chi connectivity index (χ2v) is 2.28. The topological polar surface area (TPSA) is 69.1 Å². The SMILES string of the molecule is Br.c1nc2ncn3ocnc3c-2n1. The molecule has 13 heavy (non-hydrogen) atoms. The zero-order valence-electron chi connectivity index (χ0n) is 6.28. The molecule has 3 heterocycles. The molecule has 0 atom stereocenters. The molecule has 1 aromatic rings. The first kappa shape index (κ1) is 8.11. The van der Waals surface area contributed by atoms with Crippen LogP contribution in [0.4, 0.5) is 0 Å². The molecule has 0 radical (unpaired) electrons. The van der Waals surface area contributed by atoms with Crippen LogP contribution in [0.1, 0.15) is 0 Å². The van der Waals surface area contributed by atoms with Gasteiger partial charge in [-0.2, -0.15) is 4.98 Å². The third kappa shape index (κ3) is 1.00. The average Bonchev–Trinajstić information content (AvgIpc) is 2.71. The van der Waals surface area contributed by atoms with E-state index in [0.717, 1.165) is 0 Å². The van der Waals surface area contributed by atoms with Crippen LogP contribution in [-0.2, 0) is 0 Å². The zero-order chi connectivity index (χ0) is 7.97. The van der Waals surface area contributed by atoms with E-state index < -0.39 is 0 Å². The molecule has 2 aliphatic rings. The van der Waals surface area contributed by atoms with E-state index in [1.807, 2.05) is 0 Å². The van der Waals surface area contributed by atoms with Crippen LogP contribution < -0.4 is 0 Å². The number of fused-ring (bicyclic) bond motifs is 3. The van der Waals surface area contributed by atoms with Gasteiger partial charge in [-0.25, -0.2) is 15.0 Å². The summed E-state index contributed by atoms with van der Waals surface area (Å²) >= 11 is 0. The zero-order valence-corrected chi connectivity index (χ0v) is 8.00. The molecule has 0 aliphatic carbocycles. The summed E-state index contributed by atoms with van der Waals surface area (Å²) in [5.74, 6) is 0.587. The first-order chi connectivity index (χ1) is 5.95. The highest BCUT2D eigenvalue weighted by molar-refractivity contribution is 8.93. The molecule has 3 rings (SSSR count). The molecule has 0 aromatic carbocycles. The summed E-state index contributed by atoms with van der Waals surface area (Å²) in [6.07, 6.45) is 4.30. The van der Waals surface area contributed by atoms with E-state index >= 15 is 0 Å². The van der Waals surface area contributed by atoms with Crippen molar-refractivity contribution in [1.82, 2.24) is 24.5 Å². The molecule has 0 unspecified atom stereocenters. The minimum atomic E-state index is 0. The number of halogens is 1. The summed E-state index contributed by atoms with van der Waals surface area (Å²) in [6, 6.07) is 0. The Morgan fingerprint density at radius 2 is 2.08 bits per heavy atom. The lowest BCUT2D eigenvalue weighted by Gasteiger charge is -1.93. The third-order valence-electron chi connectivity index (χ3n) is 1.62. The van der Waals surface area contributed by atoms with Gasteiger partial charge in [0, 0.05) is 0 Å². The Morgan fingerprint density at radius 1 is 1.15 bits per heavy atom. The number of hydrogen-bond acceptors (Lipinski definition) is 5. The lowest BCUT2D eigenvalue weighted by atomic mass is 10.4. The fourth-order valence-electron chi connectivity index (χ4n) is 1.10. The Hall–Kier alpha value is -1.50. The molecule has 2 aliphatic heterocycles. The summed E-state index contributed by atoms with van der Waals surface area (Å²) in [6.45, 7) is 0. The second kappa shape index (κ2) is 2.77. The molecule has 0 fully saturated rings. The van der Waals surface area contributed by atoms with Crippen molar-refractivity contribution in [3.05, 3.63) is 19.0 Å². The number of aromatic nitrogens is 5. The van der Waals surface area contributed by atoms with Crippen LogP contribution in [0, 0.1) is 0 Å². The van der Waals surface area contributed by atoms with Crippen LogP contribution in [0.25, 0.3) is 17.2 Å². The van der Waals surface area contributed by atoms with Gasteiger partial charge < -0.3 is 4.52 Å². The van der Waals surface area contributed by atoms with E-state index in [-0.39, 0.29) is 17.0 Å². The van der Waals surface area contributed by atoms with Gasteiger partial charge in [0.2, 0.25) is 12.0 Å². The van der Waals surface area contributed by atoms with Crippen LogP contribution in [-0.4, -0.2) is 24.5 Å². The van der Waals surface area contributed by atoms with E-state index in [0.29, 0.717) is 17.2 Å². The van der Waals surface area contributed by atoms with E-state index in [4.69, 9.17) is 4.52 Å². The van der Waals surface area contributed by atoms with Gasteiger partial charge >= 0.3 is 0 Å². The summed E-state index contributed by atoms with van der Waals surface area (Å²) in [5.41, 5.74) is 1.30. The monoisotopic (exact) mass is 241 g/mol. The maximum atomic E-state index is 4.97. The molecule has 0 amide bonds. The Balaban J connectivity index is 0.000000653. The lowest BCUT2D eigenvalue weighted by Crippen LogP contribution is -1.92. The van der Waals surface area contributed by atoms with Gasteiger partial charge in [-0.05, 0) is 0 Å². The van der Waals surface area contributed by atoms with Gasteiger partial charge in [0.1, 0.15) is 12.7 Å². The van der Waals surface area contributed by atoms with Crippen molar-refractivity contribution in [2.75, 3.05) is 0 Å². The Morgan fingerprint density at radius 3 is 3.00 bits per heavy atom. The fraction of sp³-hybridized carbons (Fsp3) is 0. The van der Waals surface area contributed by atoms with E-state index in [2.05, 4.69) is 19.9 Å². The fourth-order valence-corrected chi connectivity index (χ4v) is 1.10. The van der Waals surface area contributed by atoms with Crippen molar-refractivity contribution < 1.29 is 4.52 Å². The molecule has 1 aromatic heterocycles. The smallest absolute Gasteiger partial charge is 0.212 e. The predicted molar refractivity (Wildman–Crippen MR) is 47.8 cm³/mol. The number of imidazole rings is 1. The van der Waals surface area contributed by atoms with Crippen molar-refractivity contribution in [1.29, 1.82) is 0 Å². The summed E-state index contributed by atoms with van der Waals surface area (Å²) in [5, 5.41) is 0. The molecular formula is C6H4BrN5O. The molecule has 0 saturated carbocycles. The van der Waals surface area contributed by atoms with Crippen LogP contribution in [0.5, 0.6) is 0 Å². The minimum absolute atomic E-state index is 0. The first-order valence-corrected chi connectivity index (χ1v) is 3.33. The van der Waals surface area contributed by atoms with Crippen LogP contribution in [0.2, 0.25) is 0 Å². The number of hydrogen-bond donors (Lipinski definition) is 0. The average molecular weight is 242 g/mol. The maximum Gasteiger partial charge on any atom is 0.212 e. The van der Waals surface area contributed by atoms with Crippen LogP contribution in [0.15, 0.2) is 23.6 Å². The lowest BCUT2D eigenvalue weighted by molar-refractivity contribution is 0.368. The third-order valence-corrected chi connectivity index (χ3v) is 1.62. The van der Waals surface area contributed by atoms with Crippen molar-refractivity contribution in [3.63, 3.8) is 0 Å². The summed E-state index contributed by atoms with van der Waals surface area (Å²) in [4.78, 5) is 15.9. The van der Waals surface area contributed by atoms with Gasteiger partial charge in [-0.15, -0.1) is 21.6 Å². The highest BCUT2D eigenvalue weighted by Gasteiger charge is 2.13. The molecule has 0 bridgehead atoms. The largest absolute Gasteiger partial charge is 0.360 e. The van der Waals surface area contributed by atoms with E-state index in [1.54, 1.807) is 0 Å². The number of rotatable bonds is 0. The summed E-state index contributed by atoms with van der Waals surface area (Å²) < 4.78 is 6.41. The Bertz CT molecular complexity index is 503. The van der Waals surface area contributed by atoms with Crippen molar-refractivity contribution in [2.45, 2.75) is 0 Å². The molecule has 6 nitrogen and oxygen atoms in total. The number of nitrogens with zero attached hydrogens (tertiary/aromatic N) is 5. The van der Waals surface area contributed by atoms with Gasteiger partial charge in [-0.3, -0.25) is 0 Å². The highest BCUT2D eigenvalue weighted by Crippen LogP contribution is 2.17. The van der Waals surface area contributed by atoms with Gasteiger partial charge in [0.05, 0.1) is 0 Å². The molecule has 66 valence electrons. The normalized spacial score (nSPS) is 10.5. The Labute approximate surface area is 82.7 Å². The molecule has 7 heteroatoms. The minimum Gasteiger partial charge on any atom is -0.360 e. The highest BCUT2D eigenvalue weighted by atomic mass is 79.9. The van der Waals surface area contributed by atoms with Gasteiger partial charge in [0.25, 0.3) is 0 Å². The standard InChI is InChI=1S/C6H3N5O.BrH/c1-7-4-5(8-1)9-2-11-6(4)10-3-12-11;/h1-3H;1H. The van der Waals surface area contributed by atoms with Gasteiger partial charge in [0.15, 0.2) is 11.5 Å². The maximum absolute atomic E-state index is 4.97. The summed E-state index contributed by atoms with van der Waals surface area (Å²) in [7, 11) is 0. The molecule has 0 saturated heterocycles. The van der Waals surface area contributed by atoms with Crippen molar-refractivity contribution in [3.8, 4) is 11.5 Å². The molecule has 0 N–H and O–H groups in total. The first-order valence-electron chi connectivity index (χ1n) is 3.33. The predicted octanol–water partition coefficient (Wildman–Crippen LogP) is 0.795. The van der Waals surface area contributed by atoms with Crippen LogP contribution in [0.3, 0.4) is 0 Å². The van der Waals surface area contributed by atoms with E-state index in [1.165, 1.54) is 23.6 Å². The van der Waals surface area contributed by atoms with Gasteiger partial charge in [-0.1, -0.05) is 0 Å². The quantitative estimate of drug-likeness (QED) is 0.583. The Kier molecular flexibility index (Phi) is 1.73. The van der Waals surface area contributed by atoms with E-state index in [9.17, 15) is 0 Å². The van der Waals surface area contributed by atoms with Crippen LogP contribution >= 0.6 is 17.0 Å². The van der Waals surface area contributed by atoms with Crippen molar-refractivity contribution in [2.24, 2.45) is 0 Å².